The number of hydrogen-bond donors (Lipinski definition) is 1. The van der Waals surface area contributed by atoms with E-state index in [1.54, 1.807) is 19.3 Å². The first-order chi connectivity index (χ1) is 11.2. The number of rotatable bonds is 6. The van der Waals surface area contributed by atoms with Gasteiger partial charge in [-0.05, 0) is 19.1 Å². The number of carbonyl (C=O) groups is 1. The first-order valence-electron chi connectivity index (χ1n) is 7.01. The van der Waals surface area contributed by atoms with Crippen LogP contribution in [0, 0.1) is 6.92 Å². The Morgan fingerprint density at radius 1 is 1.30 bits per heavy atom. The molecule has 6 nitrogen and oxygen atoms in total. The number of aromatic nitrogens is 2. The standard InChI is InChI=1S/C16H15N3O3S/c1-11-7-14(19-22-11)18-15(20)10-23-9-13-8-21-16(17-13)12-5-3-2-4-6-12/h2-8H,9-10H2,1H3,(H,18,19,20). The molecule has 0 saturated heterocycles. The normalized spacial score (nSPS) is 10.7. The second-order valence-corrected chi connectivity index (χ2v) is 5.86. The third-order valence-electron chi connectivity index (χ3n) is 2.95. The molecular formula is C16H15N3O3S. The Hall–Kier alpha value is -2.54. The van der Waals surface area contributed by atoms with E-state index in [1.165, 1.54) is 11.8 Å². The first-order valence-corrected chi connectivity index (χ1v) is 8.17. The van der Waals surface area contributed by atoms with Crippen LogP contribution in [-0.4, -0.2) is 21.8 Å². The Morgan fingerprint density at radius 2 is 2.13 bits per heavy atom. The zero-order valence-electron chi connectivity index (χ0n) is 12.5. The van der Waals surface area contributed by atoms with E-state index in [4.69, 9.17) is 8.94 Å². The largest absolute Gasteiger partial charge is 0.444 e. The summed E-state index contributed by atoms with van der Waals surface area (Å²) in [6.45, 7) is 1.77. The molecule has 0 unspecified atom stereocenters. The highest BCUT2D eigenvalue weighted by atomic mass is 32.2. The predicted octanol–water partition coefficient (Wildman–Crippen LogP) is 3.51. The van der Waals surface area contributed by atoms with Crippen molar-refractivity contribution in [2.45, 2.75) is 12.7 Å². The van der Waals surface area contributed by atoms with E-state index in [0.717, 1.165) is 11.3 Å². The summed E-state index contributed by atoms with van der Waals surface area (Å²) in [4.78, 5) is 16.2. The van der Waals surface area contributed by atoms with Crippen LogP contribution in [0.25, 0.3) is 11.5 Å². The van der Waals surface area contributed by atoms with Gasteiger partial charge in [0, 0.05) is 17.4 Å². The Balaban J connectivity index is 1.47. The van der Waals surface area contributed by atoms with Crippen molar-refractivity contribution in [1.29, 1.82) is 0 Å². The number of thioether (sulfide) groups is 1. The van der Waals surface area contributed by atoms with Gasteiger partial charge < -0.3 is 14.3 Å². The number of nitrogens with one attached hydrogen (secondary N) is 1. The summed E-state index contributed by atoms with van der Waals surface area (Å²) in [5, 5.41) is 6.39. The van der Waals surface area contributed by atoms with E-state index in [0.29, 0.717) is 29.0 Å². The molecule has 3 aromatic rings. The van der Waals surface area contributed by atoms with Gasteiger partial charge in [0.25, 0.3) is 0 Å². The highest BCUT2D eigenvalue weighted by Crippen LogP contribution is 2.20. The number of amides is 1. The fourth-order valence-corrected chi connectivity index (χ4v) is 2.64. The molecule has 3 rings (SSSR count). The summed E-state index contributed by atoms with van der Waals surface area (Å²) in [5.74, 6) is 2.45. The fourth-order valence-electron chi connectivity index (χ4n) is 1.94. The second kappa shape index (κ2) is 7.15. The minimum atomic E-state index is -0.130. The summed E-state index contributed by atoms with van der Waals surface area (Å²) in [6, 6.07) is 11.4. The van der Waals surface area contributed by atoms with Gasteiger partial charge in [-0.3, -0.25) is 4.79 Å². The molecule has 0 bridgehead atoms. The average Bonchev–Trinajstić information content (AvgIpc) is 3.17. The monoisotopic (exact) mass is 329 g/mol. The van der Waals surface area contributed by atoms with E-state index >= 15 is 0 Å². The lowest BCUT2D eigenvalue weighted by Gasteiger charge is -1.99. The maximum absolute atomic E-state index is 11.8. The molecule has 0 radical (unpaired) electrons. The number of nitrogens with zero attached hydrogens (tertiary/aromatic N) is 2. The maximum atomic E-state index is 11.8. The lowest BCUT2D eigenvalue weighted by atomic mass is 10.2. The molecule has 0 spiro atoms. The van der Waals surface area contributed by atoms with Crippen LogP contribution in [0.2, 0.25) is 0 Å². The Morgan fingerprint density at radius 3 is 2.87 bits per heavy atom. The molecule has 0 atom stereocenters. The van der Waals surface area contributed by atoms with Gasteiger partial charge >= 0.3 is 0 Å². The highest BCUT2D eigenvalue weighted by Gasteiger charge is 2.09. The molecule has 1 aromatic carbocycles. The molecule has 23 heavy (non-hydrogen) atoms. The number of hydrogen-bond acceptors (Lipinski definition) is 6. The molecule has 2 aromatic heterocycles. The summed E-state index contributed by atoms with van der Waals surface area (Å²) in [5.41, 5.74) is 1.74. The molecule has 1 amide bonds. The van der Waals surface area contributed by atoms with E-state index in [2.05, 4.69) is 15.5 Å². The lowest BCUT2D eigenvalue weighted by Crippen LogP contribution is -2.14. The van der Waals surface area contributed by atoms with Crippen LogP contribution in [0.15, 0.2) is 51.6 Å². The highest BCUT2D eigenvalue weighted by molar-refractivity contribution is 7.99. The van der Waals surface area contributed by atoms with Gasteiger partial charge in [0.2, 0.25) is 11.8 Å². The SMILES string of the molecule is Cc1cc(NC(=O)CSCc2coc(-c3ccccc3)n2)no1. The van der Waals surface area contributed by atoms with Crippen LogP contribution < -0.4 is 5.32 Å². The molecule has 118 valence electrons. The summed E-state index contributed by atoms with van der Waals surface area (Å²) < 4.78 is 10.3. The van der Waals surface area contributed by atoms with Crippen molar-refractivity contribution in [3.05, 3.63) is 54.1 Å². The molecule has 2 heterocycles. The molecule has 0 fully saturated rings. The van der Waals surface area contributed by atoms with Crippen molar-refractivity contribution < 1.29 is 13.7 Å². The van der Waals surface area contributed by atoms with Crippen LogP contribution in [0.5, 0.6) is 0 Å². The van der Waals surface area contributed by atoms with Gasteiger partial charge in [0.15, 0.2) is 5.82 Å². The van der Waals surface area contributed by atoms with Gasteiger partial charge in [-0.2, -0.15) is 0 Å². The average molecular weight is 329 g/mol. The third kappa shape index (κ3) is 4.23. The minimum absolute atomic E-state index is 0.130. The maximum Gasteiger partial charge on any atom is 0.235 e. The number of benzene rings is 1. The van der Waals surface area contributed by atoms with Gasteiger partial charge in [-0.1, -0.05) is 23.4 Å². The van der Waals surface area contributed by atoms with Gasteiger partial charge in [0.05, 0.1) is 11.4 Å². The van der Waals surface area contributed by atoms with E-state index in [1.807, 2.05) is 30.3 Å². The topological polar surface area (TPSA) is 81.2 Å². The third-order valence-corrected chi connectivity index (χ3v) is 3.92. The fraction of sp³-hybridized carbons (Fsp3) is 0.188. The first kappa shape index (κ1) is 15.4. The Bertz CT molecular complexity index is 783. The quantitative estimate of drug-likeness (QED) is 0.745. The van der Waals surface area contributed by atoms with Crippen LogP contribution in [0.3, 0.4) is 0 Å². The van der Waals surface area contributed by atoms with Gasteiger partial charge in [0.1, 0.15) is 12.0 Å². The smallest absolute Gasteiger partial charge is 0.235 e. The summed E-state index contributed by atoms with van der Waals surface area (Å²) in [6.07, 6.45) is 1.62. The molecular weight excluding hydrogens is 314 g/mol. The second-order valence-electron chi connectivity index (χ2n) is 4.87. The van der Waals surface area contributed by atoms with Crippen molar-refractivity contribution in [3.8, 4) is 11.5 Å². The summed E-state index contributed by atoms with van der Waals surface area (Å²) >= 11 is 1.46. The number of oxazole rings is 1. The lowest BCUT2D eigenvalue weighted by molar-refractivity contribution is -0.113. The van der Waals surface area contributed by atoms with E-state index < -0.39 is 0 Å². The zero-order valence-corrected chi connectivity index (χ0v) is 13.3. The number of carbonyl (C=O) groups excluding carboxylic acids is 1. The van der Waals surface area contributed by atoms with Crippen molar-refractivity contribution in [2.24, 2.45) is 0 Å². The summed E-state index contributed by atoms with van der Waals surface area (Å²) in [7, 11) is 0. The Kier molecular flexibility index (Phi) is 4.77. The molecule has 0 aliphatic carbocycles. The van der Waals surface area contributed by atoms with Crippen molar-refractivity contribution in [1.82, 2.24) is 10.1 Å². The van der Waals surface area contributed by atoms with Crippen molar-refractivity contribution in [2.75, 3.05) is 11.1 Å². The molecule has 0 aliphatic rings. The van der Waals surface area contributed by atoms with Crippen LogP contribution >= 0.6 is 11.8 Å². The van der Waals surface area contributed by atoms with Gasteiger partial charge in [-0.25, -0.2) is 4.98 Å². The minimum Gasteiger partial charge on any atom is -0.444 e. The zero-order chi connectivity index (χ0) is 16.1. The molecule has 1 N–H and O–H groups in total. The van der Waals surface area contributed by atoms with Crippen LogP contribution in [0.1, 0.15) is 11.5 Å². The number of anilines is 1. The van der Waals surface area contributed by atoms with Gasteiger partial charge in [-0.15, -0.1) is 11.8 Å². The number of aryl methyl sites for hydroxylation is 1. The molecule has 0 aliphatic heterocycles. The van der Waals surface area contributed by atoms with Crippen LogP contribution in [0.4, 0.5) is 5.82 Å². The van der Waals surface area contributed by atoms with E-state index in [9.17, 15) is 4.79 Å². The van der Waals surface area contributed by atoms with E-state index in [-0.39, 0.29) is 5.91 Å². The molecule has 0 saturated carbocycles. The Labute approximate surface area is 137 Å². The molecule has 7 heteroatoms. The van der Waals surface area contributed by atoms with Crippen molar-refractivity contribution >= 4 is 23.5 Å². The predicted molar refractivity (Wildman–Crippen MR) is 88.0 cm³/mol. The van der Waals surface area contributed by atoms with Crippen molar-refractivity contribution in [3.63, 3.8) is 0 Å². The van der Waals surface area contributed by atoms with Crippen LogP contribution in [-0.2, 0) is 10.5 Å².